The number of nitrogens with one attached hydrogen (secondary N) is 1. The Kier molecular flexibility index (Phi) is 6.02. The Morgan fingerprint density at radius 2 is 1.88 bits per heavy atom. The zero-order chi connectivity index (χ0) is 23.7. The zero-order valence-corrected chi connectivity index (χ0v) is 19.7. The number of rotatable bonds is 6. The number of carbonyl (C=O) groups is 1. The number of likely N-dealkylation sites (N-methyl/N-ethyl adjacent to an activating group) is 1. The number of benzene rings is 2. The molecule has 0 saturated carbocycles. The molecule has 7 nitrogen and oxygen atoms in total. The molecule has 2 aromatic heterocycles. The number of methoxy groups -OCH3 is 1. The monoisotopic (exact) mass is 455 g/mol. The summed E-state index contributed by atoms with van der Waals surface area (Å²) in [7, 11) is 5.69. The van der Waals surface area contributed by atoms with E-state index in [-0.39, 0.29) is 17.9 Å². The molecule has 7 heteroatoms. The summed E-state index contributed by atoms with van der Waals surface area (Å²) >= 11 is 0. The minimum atomic E-state index is -0.0503. The maximum atomic E-state index is 13.2. The fourth-order valence-electron chi connectivity index (χ4n) is 4.77. The lowest BCUT2D eigenvalue weighted by atomic mass is 9.94. The second-order valence-electron chi connectivity index (χ2n) is 9.04. The Morgan fingerprint density at radius 1 is 1.06 bits per heavy atom. The van der Waals surface area contributed by atoms with Gasteiger partial charge in [0.1, 0.15) is 5.75 Å². The maximum absolute atomic E-state index is 13.2. The van der Waals surface area contributed by atoms with E-state index in [1.165, 1.54) is 5.56 Å². The molecule has 2 aromatic carbocycles. The third-order valence-electron chi connectivity index (χ3n) is 6.69. The largest absolute Gasteiger partial charge is 0.497 e. The van der Waals surface area contributed by atoms with Crippen LogP contribution in [0.25, 0.3) is 10.8 Å². The summed E-state index contributed by atoms with van der Waals surface area (Å²) in [6, 6.07) is 18.0. The molecule has 1 N–H and O–H groups in total. The van der Waals surface area contributed by atoms with Crippen LogP contribution in [-0.4, -0.2) is 58.9 Å². The summed E-state index contributed by atoms with van der Waals surface area (Å²) in [6.07, 6.45) is 4.35. The van der Waals surface area contributed by atoms with E-state index >= 15 is 0 Å². The van der Waals surface area contributed by atoms with Crippen LogP contribution in [0.5, 0.6) is 5.75 Å². The van der Waals surface area contributed by atoms with Gasteiger partial charge in [0.05, 0.1) is 7.11 Å². The van der Waals surface area contributed by atoms with E-state index in [0.717, 1.165) is 41.0 Å². The molecule has 0 radical (unpaired) electrons. The van der Waals surface area contributed by atoms with Crippen molar-refractivity contribution in [2.45, 2.75) is 18.4 Å². The van der Waals surface area contributed by atoms with E-state index in [4.69, 9.17) is 4.74 Å². The van der Waals surface area contributed by atoms with Gasteiger partial charge in [-0.15, -0.1) is 0 Å². The van der Waals surface area contributed by atoms with Crippen LogP contribution < -0.4 is 10.1 Å². The molecule has 0 aliphatic carbocycles. The molecule has 4 aromatic rings. The van der Waals surface area contributed by atoms with Gasteiger partial charge < -0.3 is 15.0 Å². The summed E-state index contributed by atoms with van der Waals surface area (Å²) in [5, 5.41) is 9.54. The third kappa shape index (κ3) is 4.52. The summed E-state index contributed by atoms with van der Waals surface area (Å²) in [6.45, 7) is 1.72. The van der Waals surface area contributed by atoms with Crippen molar-refractivity contribution in [1.29, 1.82) is 0 Å². The summed E-state index contributed by atoms with van der Waals surface area (Å²) < 4.78 is 7.15. The van der Waals surface area contributed by atoms with Crippen LogP contribution in [0, 0.1) is 0 Å². The van der Waals surface area contributed by atoms with Crippen LogP contribution in [-0.2, 0) is 13.5 Å². The standard InChI is InChI=1S/C27H29N5O2/c1-31-16-25(18-6-8-24(34-3)9-7-18)26(17-31)30-27(33)19-4-5-20-15-28-22(13-21(20)12-19)14-23-10-11-29-32(23)2/h4-13,15,25-26H,14,16-17H2,1-3H3,(H,30,33)/t25-,26+/m0/s1. The zero-order valence-electron chi connectivity index (χ0n) is 19.7. The second-order valence-corrected chi connectivity index (χ2v) is 9.04. The van der Waals surface area contributed by atoms with E-state index in [1.54, 1.807) is 13.3 Å². The third-order valence-corrected chi connectivity index (χ3v) is 6.69. The number of aryl methyl sites for hydroxylation is 1. The van der Waals surface area contributed by atoms with E-state index in [9.17, 15) is 4.79 Å². The first-order chi connectivity index (χ1) is 16.5. The van der Waals surface area contributed by atoms with Gasteiger partial charge in [-0.3, -0.25) is 14.5 Å². The maximum Gasteiger partial charge on any atom is 0.251 e. The predicted octanol–water partition coefficient (Wildman–Crippen LogP) is 3.40. The van der Waals surface area contributed by atoms with Gasteiger partial charge in [0.15, 0.2) is 0 Å². The number of carbonyl (C=O) groups excluding carboxylic acids is 1. The van der Waals surface area contributed by atoms with E-state index in [2.05, 4.69) is 45.5 Å². The van der Waals surface area contributed by atoms with Crippen molar-refractivity contribution in [3.8, 4) is 5.75 Å². The highest BCUT2D eigenvalue weighted by Crippen LogP contribution is 2.29. The van der Waals surface area contributed by atoms with Crippen molar-refractivity contribution in [3.05, 3.63) is 89.5 Å². The fourth-order valence-corrected chi connectivity index (χ4v) is 4.77. The van der Waals surface area contributed by atoms with Crippen molar-refractivity contribution >= 4 is 16.7 Å². The molecule has 1 amide bonds. The molecule has 5 rings (SSSR count). The van der Waals surface area contributed by atoms with Crippen molar-refractivity contribution in [3.63, 3.8) is 0 Å². The van der Waals surface area contributed by atoms with Crippen LogP contribution in [0.3, 0.4) is 0 Å². The van der Waals surface area contributed by atoms with Gasteiger partial charge >= 0.3 is 0 Å². The van der Waals surface area contributed by atoms with Gasteiger partial charge in [-0.05, 0) is 54.4 Å². The molecule has 174 valence electrons. The first-order valence-electron chi connectivity index (χ1n) is 11.5. The molecule has 3 heterocycles. The van der Waals surface area contributed by atoms with Crippen molar-refractivity contribution in [1.82, 2.24) is 25.0 Å². The lowest BCUT2D eigenvalue weighted by Crippen LogP contribution is -2.39. The number of hydrogen-bond donors (Lipinski definition) is 1. The lowest BCUT2D eigenvalue weighted by Gasteiger charge is -2.21. The molecule has 2 atom stereocenters. The highest BCUT2D eigenvalue weighted by Gasteiger charge is 2.33. The SMILES string of the molecule is COc1ccc([C@@H]2CN(C)C[C@H]2NC(=O)c2ccc3cnc(Cc4ccnn4C)cc3c2)cc1. The molecule has 34 heavy (non-hydrogen) atoms. The van der Waals surface area contributed by atoms with Gasteiger partial charge in [0, 0.05) is 73.2 Å². The van der Waals surface area contributed by atoms with Gasteiger partial charge in [-0.2, -0.15) is 5.10 Å². The Bertz CT molecular complexity index is 1310. The van der Waals surface area contributed by atoms with Crippen LogP contribution in [0.4, 0.5) is 0 Å². The number of nitrogens with zero attached hydrogens (tertiary/aromatic N) is 4. The molecular formula is C27H29N5O2. The number of hydrogen-bond acceptors (Lipinski definition) is 5. The average molecular weight is 456 g/mol. The molecule has 0 bridgehead atoms. The number of fused-ring (bicyclic) bond motifs is 1. The van der Waals surface area contributed by atoms with Gasteiger partial charge in [-0.25, -0.2) is 0 Å². The summed E-state index contributed by atoms with van der Waals surface area (Å²) in [5.41, 5.74) is 3.91. The Labute approximate surface area is 199 Å². The molecule has 1 aliphatic heterocycles. The number of ether oxygens (including phenoxy) is 1. The first kappa shape index (κ1) is 22.1. The predicted molar refractivity (Wildman–Crippen MR) is 132 cm³/mol. The smallest absolute Gasteiger partial charge is 0.251 e. The number of likely N-dealkylation sites (tertiary alicyclic amines) is 1. The molecule has 1 fully saturated rings. The lowest BCUT2D eigenvalue weighted by molar-refractivity contribution is 0.0935. The number of aromatic nitrogens is 3. The van der Waals surface area contributed by atoms with Crippen LogP contribution in [0.1, 0.15) is 33.2 Å². The highest BCUT2D eigenvalue weighted by atomic mass is 16.5. The first-order valence-corrected chi connectivity index (χ1v) is 11.5. The molecule has 0 spiro atoms. The van der Waals surface area contributed by atoms with E-state index < -0.39 is 0 Å². The van der Waals surface area contributed by atoms with Crippen molar-refractivity contribution < 1.29 is 9.53 Å². The van der Waals surface area contributed by atoms with E-state index in [0.29, 0.717) is 12.0 Å². The van der Waals surface area contributed by atoms with Gasteiger partial charge in [0.25, 0.3) is 5.91 Å². The van der Waals surface area contributed by atoms with E-state index in [1.807, 2.05) is 54.3 Å². The number of amides is 1. The quantitative estimate of drug-likeness (QED) is 0.483. The average Bonchev–Trinajstić information content (AvgIpc) is 3.43. The van der Waals surface area contributed by atoms with Crippen LogP contribution in [0.15, 0.2) is 67.0 Å². The fraction of sp³-hybridized carbons (Fsp3) is 0.296. The minimum absolute atomic E-state index is 0.0411. The van der Waals surface area contributed by atoms with Crippen LogP contribution in [0.2, 0.25) is 0 Å². The summed E-state index contributed by atoms with van der Waals surface area (Å²) in [4.78, 5) is 20.1. The molecule has 1 saturated heterocycles. The normalized spacial score (nSPS) is 18.3. The Balaban J connectivity index is 1.35. The Hall–Kier alpha value is -3.71. The minimum Gasteiger partial charge on any atom is -0.497 e. The van der Waals surface area contributed by atoms with Gasteiger partial charge in [0.2, 0.25) is 0 Å². The molecule has 0 unspecified atom stereocenters. The van der Waals surface area contributed by atoms with Crippen LogP contribution >= 0.6 is 0 Å². The van der Waals surface area contributed by atoms with Gasteiger partial charge in [-0.1, -0.05) is 18.2 Å². The second kappa shape index (κ2) is 9.27. The molecular weight excluding hydrogens is 426 g/mol. The summed E-state index contributed by atoms with van der Waals surface area (Å²) in [5.74, 6) is 1.02. The molecule has 1 aliphatic rings. The Morgan fingerprint density at radius 3 is 2.62 bits per heavy atom. The van der Waals surface area contributed by atoms with Crippen molar-refractivity contribution in [2.75, 3.05) is 27.2 Å². The van der Waals surface area contributed by atoms with Crippen molar-refractivity contribution in [2.24, 2.45) is 7.05 Å². The topological polar surface area (TPSA) is 72.3 Å². The highest BCUT2D eigenvalue weighted by molar-refractivity contribution is 5.98. The number of pyridine rings is 1.